The fourth-order valence-electron chi connectivity index (χ4n) is 2.58. The van der Waals surface area contributed by atoms with Gasteiger partial charge in [0.05, 0.1) is 11.2 Å². The summed E-state index contributed by atoms with van der Waals surface area (Å²) in [5, 5.41) is 4.82. The van der Waals surface area contributed by atoms with Crippen molar-refractivity contribution in [3.05, 3.63) is 41.6 Å². The number of fused-ring (bicyclic) bond motifs is 1. The number of rotatable bonds is 5. The van der Waals surface area contributed by atoms with Crippen molar-refractivity contribution in [1.82, 2.24) is 10.3 Å². The van der Waals surface area contributed by atoms with Gasteiger partial charge in [-0.3, -0.25) is 4.98 Å². The summed E-state index contributed by atoms with van der Waals surface area (Å²) in [5.41, 5.74) is 3.59. The highest BCUT2D eigenvalue weighted by Crippen LogP contribution is 2.24. The van der Waals surface area contributed by atoms with E-state index < -0.39 is 0 Å². The molecule has 0 aliphatic heterocycles. The molecule has 1 N–H and O–H groups in total. The predicted octanol–water partition coefficient (Wildman–Crippen LogP) is 4.24. The molecule has 1 atom stereocenters. The van der Waals surface area contributed by atoms with Gasteiger partial charge in [0.2, 0.25) is 0 Å². The fourth-order valence-corrected chi connectivity index (χ4v) is 2.58. The van der Waals surface area contributed by atoms with E-state index in [4.69, 9.17) is 4.98 Å². The topological polar surface area (TPSA) is 24.9 Å². The molecule has 1 aromatic carbocycles. The minimum absolute atomic E-state index is 0.355. The first-order valence-electron chi connectivity index (χ1n) is 7.21. The first-order chi connectivity index (χ1) is 9.11. The standard InChI is InChI=1S/C17H24N2/c1-5-18-16(10-12(2)3)17-11-13(4)14-8-6-7-9-15(14)19-17/h6-9,11-12,16,18H,5,10H2,1-4H3. The van der Waals surface area contributed by atoms with Gasteiger partial charge in [0.25, 0.3) is 0 Å². The van der Waals surface area contributed by atoms with Crippen molar-refractivity contribution in [2.24, 2.45) is 5.92 Å². The molecule has 102 valence electrons. The van der Waals surface area contributed by atoms with Gasteiger partial charge in [-0.2, -0.15) is 0 Å². The van der Waals surface area contributed by atoms with Gasteiger partial charge < -0.3 is 5.32 Å². The molecule has 0 spiro atoms. The van der Waals surface area contributed by atoms with Crippen LogP contribution in [-0.4, -0.2) is 11.5 Å². The lowest BCUT2D eigenvalue weighted by molar-refractivity contribution is 0.431. The molecule has 2 aromatic rings. The SMILES string of the molecule is CCNC(CC(C)C)c1cc(C)c2ccccc2n1. The number of aromatic nitrogens is 1. The molecule has 19 heavy (non-hydrogen) atoms. The maximum atomic E-state index is 4.85. The summed E-state index contributed by atoms with van der Waals surface area (Å²) in [6, 6.07) is 11.0. The summed E-state index contributed by atoms with van der Waals surface area (Å²) in [6.07, 6.45) is 1.12. The van der Waals surface area contributed by atoms with E-state index in [0.29, 0.717) is 12.0 Å². The summed E-state index contributed by atoms with van der Waals surface area (Å²) < 4.78 is 0. The van der Waals surface area contributed by atoms with E-state index in [9.17, 15) is 0 Å². The Balaban J connectivity index is 2.42. The molecule has 0 bridgehead atoms. The Hall–Kier alpha value is -1.41. The van der Waals surface area contributed by atoms with Crippen LogP contribution in [0.3, 0.4) is 0 Å². The fraction of sp³-hybridized carbons (Fsp3) is 0.471. The van der Waals surface area contributed by atoms with Gasteiger partial charge in [0, 0.05) is 11.4 Å². The molecule has 0 amide bonds. The van der Waals surface area contributed by atoms with Gasteiger partial charge in [0.15, 0.2) is 0 Å². The normalized spacial score (nSPS) is 13.1. The van der Waals surface area contributed by atoms with E-state index in [1.165, 1.54) is 16.6 Å². The number of nitrogens with one attached hydrogen (secondary N) is 1. The third-order valence-corrected chi connectivity index (χ3v) is 3.46. The second-order valence-corrected chi connectivity index (χ2v) is 5.62. The minimum Gasteiger partial charge on any atom is -0.309 e. The largest absolute Gasteiger partial charge is 0.309 e. The molecule has 0 saturated carbocycles. The highest BCUT2D eigenvalue weighted by Gasteiger charge is 2.15. The molecule has 2 heteroatoms. The summed E-state index contributed by atoms with van der Waals surface area (Å²) in [6.45, 7) is 9.83. The Morgan fingerprint density at radius 3 is 2.63 bits per heavy atom. The van der Waals surface area contributed by atoms with Crippen molar-refractivity contribution in [3.63, 3.8) is 0 Å². The van der Waals surface area contributed by atoms with Gasteiger partial charge in [-0.1, -0.05) is 39.0 Å². The lowest BCUT2D eigenvalue weighted by atomic mass is 9.98. The highest BCUT2D eigenvalue weighted by molar-refractivity contribution is 5.82. The van der Waals surface area contributed by atoms with Crippen LogP contribution >= 0.6 is 0 Å². The quantitative estimate of drug-likeness (QED) is 0.865. The van der Waals surface area contributed by atoms with Crippen molar-refractivity contribution >= 4 is 10.9 Å². The summed E-state index contributed by atoms with van der Waals surface area (Å²) in [5.74, 6) is 0.664. The van der Waals surface area contributed by atoms with Crippen LogP contribution in [0.5, 0.6) is 0 Å². The Bertz CT molecular complexity index is 546. The molecule has 0 radical (unpaired) electrons. The van der Waals surface area contributed by atoms with Crippen LogP contribution in [0.25, 0.3) is 10.9 Å². The maximum absolute atomic E-state index is 4.85. The number of aryl methyl sites for hydroxylation is 1. The molecular weight excluding hydrogens is 232 g/mol. The van der Waals surface area contributed by atoms with Crippen molar-refractivity contribution in [2.45, 2.75) is 40.2 Å². The smallest absolute Gasteiger partial charge is 0.0708 e. The zero-order chi connectivity index (χ0) is 13.8. The lowest BCUT2D eigenvalue weighted by Crippen LogP contribution is -2.23. The number of hydrogen-bond acceptors (Lipinski definition) is 2. The monoisotopic (exact) mass is 256 g/mol. The first-order valence-corrected chi connectivity index (χ1v) is 7.21. The van der Waals surface area contributed by atoms with E-state index in [2.05, 4.69) is 63.3 Å². The van der Waals surface area contributed by atoms with Gasteiger partial charge in [-0.25, -0.2) is 0 Å². The van der Waals surface area contributed by atoms with Crippen LogP contribution in [0.1, 0.15) is 44.5 Å². The number of nitrogens with zero attached hydrogens (tertiary/aromatic N) is 1. The van der Waals surface area contributed by atoms with Crippen molar-refractivity contribution < 1.29 is 0 Å². The zero-order valence-electron chi connectivity index (χ0n) is 12.4. The van der Waals surface area contributed by atoms with Gasteiger partial charge in [-0.05, 0) is 43.5 Å². The van der Waals surface area contributed by atoms with Gasteiger partial charge in [0.1, 0.15) is 0 Å². The molecule has 0 aliphatic carbocycles. The van der Waals surface area contributed by atoms with Crippen LogP contribution in [0.4, 0.5) is 0 Å². The third-order valence-electron chi connectivity index (χ3n) is 3.46. The third kappa shape index (κ3) is 3.32. The number of pyridine rings is 1. The predicted molar refractivity (Wildman–Crippen MR) is 82.4 cm³/mol. The molecule has 2 rings (SSSR count). The summed E-state index contributed by atoms with van der Waals surface area (Å²) in [7, 11) is 0. The average molecular weight is 256 g/mol. The van der Waals surface area contributed by atoms with E-state index >= 15 is 0 Å². The Labute approximate surface area is 116 Å². The zero-order valence-corrected chi connectivity index (χ0v) is 12.4. The Morgan fingerprint density at radius 1 is 1.21 bits per heavy atom. The van der Waals surface area contributed by atoms with Crippen LogP contribution in [-0.2, 0) is 0 Å². The van der Waals surface area contributed by atoms with Crippen LogP contribution in [0.15, 0.2) is 30.3 Å². The Kier molecular flexibility index (Phi) is 4.54. The van der Waals surface area contributed by atoms with Crippen LogP contribution in [0.2, 0.25) is 0 Å². The second-order valence-electron chi connectivity index (χ2n) is 5.62. The number of benzene rings is 1. The van der Waals surface area contributed by atoms with Crippen molar-refractivity contribution in [2.75, 3.05) is 6.54 Å². The summed E-state index contributed by atoms with van der Waals surface area (Å²) in [4.78, 5) is 4.85. The van der Waals surface area contributed by atoms with E-state index in [1.54, 1.807) is 0 Å². The van der Waals surface area contributed by atoms with Crippen molar-refractivity contribution in [3.8, 4) is 0 Å². The molecule has 0 fully saturated rings. The molecule has 1 heterocycles. The van der Waals surface area contributed by atoms with Gasteiger partial charge >= 0.3 is 0 Å². The molecular formula is C17H24N2. The number of hydrogen-bond donors (Lipinski definition) is 1. The molecule has 1 aromatic heterocycles. The second kappa shape index (κ2) is 6.16. The minimum atomic E-state index is 0.355. The average Bonchev–Trinajstić information content (AvgIpc) is 2.38. The molecule has 2 nitrogen and oxygen atoms in total. The van der Waals surface area contributed by atoms with Crippen molar-refractivity contribution in [1.29, 1.82) is 0 Å². The van der Waals surface area contributed by atoms with E-state index in [-0.39, 0.29) is 0 Å². The number of para-hydroxylation sites is 1. The van der Waals surface area contributed by atoms with Crippen LogP contribution in [0, 0.1) is 12.8 Å². The maximum Gasteiger partial charge on any atom is 0.0708 e. The van der Waals surface area contributed by atoms with E-state index in [1.807, 2.05) is 0 Å². The lowest BCUT2D eigenvalue weighted by Gasteiger charge is -2.20. The molecule has 1 unspecified atom stereocenters. The molecule has 0 saturated heterocycles. The highest BCUT2D eigenvalue weighted by atomic mass is 14.9. The van der Waals surface area contributed by atoms with Gasteiger partial charge in [-0.15, -0.1) is 0 Å². The summed E-state index contributed by atoms with van der Waals surface area (Å²) >= 11 is 0. The first kappa shape index (κ1) is 14.0. The van der Waals surface area contributed by atoms with Crippen LogP contribution < -0.4 is 5.32 Å². The Morgan fingerprint density at radius 2 is 1.95 bits per heavy atom. The van der Waals surface area contributed by atoms with E-state index in [0.717, 1.165) is 18.5 Å². The molecule has 0 aliphatic rings.